The molecule has 0 radical (unpaired) electrons. The smallest absolute Gasteiger partial charge is 0.357 e. The summed E-state index contributed by atoms with van der Waals surface area (Å²) < 4.78 is 7.53. The minimum Gasteiger partial charge on any atom is -0.450 e. The summed E-state index contributed by atoms with van der Waals surface area (Å²) in [6.45, 7) is 5.84. The Morgan fingerprint density at radius 3 is 2.73 bits per heavy atom. The highest BCUT2D eigenvalue weighted by Crippen LogP contribution is 2.37. The molecule has 1 fully saturated rings. The molecule has 1 saturated carbocycles. The lowest BCUT2D eigenvalue weighted by Gasteiger charge is -2.38. The van der Waals surface area contributed by atoms with E-state index < -0.39 is 5.60 Å². The van der Waals surface area contributed by atoms with Gasteiger partial charge >= 0.3 is 5.97 Å². The zero-order valence-electron chi connectivity index (χ0n) is 12.7. The van der Waals surface area contributed by atoms with Crippen LogP contribution in [-0.2, 0) is 4.74 Å². The molecule has 1 atom stereocenters. The molecule has 1 aliphatic carbocycles. The topological polar surface area (TPSA) is 44.1 Å². The molecular formula is C18H20N2O2. The fourth-order valence-electron chi connectivity index (χ4n) is 2.77. The third kappa shape index (κ3) is 2.56. The lowest BCUT2D eigenvalue weighted by molar-refractivity contribution is -0.0323. The molecule has 114 valence electrons. The largest absolute Gasteiger partial charge is 0.450 e. The molecule has 3 rings (SSSR count). The van der Waals surface area contributed by atoms with Crippen LogP contribution in [0, 0.1) is 0 Å². The third-order valence-electron chi connectivity index (χ3n) is 4.44. The first-order chi connectivity index (χ1) is 10.7. The number of hydrogen-bond donors (Lipinski definition) is 0. The molecule has 1 aromatic heterocycles. The van der Waals surface area contributed by atoms with Crippen molar-refractivity contribution in [1.82, 2.24) is 9.55 Å². The Kier molecular flexibility index (Phi) is 3.84. The number of nitrogens with zero attached hydrogens (tertiary/aromatic N) is 2. The van der Waals surface area contributed by atoms with Crippen LogP contribution in [-0.4, -0.2) is 21.1 Å². The van der Waals surface area contributed by atoms with Crippen molar-refractivity contribution in [3.05, 3.63) is 66.8 Å². The number of hydrogen-bond acceptors (Lipinski definition) is 3. The van der Waals surface area contributed by atoms with Crippen LogP contribution in [0.4, 0.5) is 0 Å². The van der Waals surface area contributed by atoms with Crippen molar-refractivity contribution < 1.29 is 9.53 Å². The van der Waals surface area contributed by atoms with E-state index in [-0.39, 0.29) is 12.0 Å². The van der Waals surface area contributed by atoms with Gasteiger partial charge in [0.15, 0.2) is 0 Å². The molecule has 1 aromatic carbocycles. The van der Waals surface area contributed by atoms with E-state index in [2.05, 4.69) is 11.6 Å². The van der Waals surface area contributed by atoms with Crippen molar-refractivity contribution >= 4 is 5.97 Å². The molecule has 4 nitrogen and oxygen atoms in total. The third-order valence-corrected chi connectivity index (χ3v) is 4.44. The minimum atomic E-state index is -0.484. The molecule has 0 amide bonds. The molecule has 0 saturated heterocycles. The van der Waals surface area contributed by atoms with E-state index in [9.17, 15) is 4.79 Å². The van der Waals surface area contributed by atoms with Crippen LogP contribution in [0.1, 0.15) is 48.3 Å². The molecule has 0 spiro atoms. The van der Waals surface area contributed by atoms with Crippen LogP contribution in [0.15, 0.2) is 55.5 Å². The van der Waals surface area contributed by atoms with Gasteiger partial charge in [0.25, 0.3) is 0 Å². The molecule has 0 bridgehead atoms. The standard InChI is InChI=1S/C18H20N2O2/c1-3-18(10-7-11-18)22-17(21)16-12-19-13-20(16)14(2)15-8-5-4-6-9-15/h3-6,8-9,12-14H,1,7,10-11H2,2H3/t14-/m1/s1. The highest BCUT2D eigenvalue weighted by Gasteiger charge is 2.38. The van der Waals surface area contributed by atoms with E-state index in [4.69, 9.17) is 4.74 Å². The molecular weight excluding hydrogens is 276 g/mol. The maximum Gasteiger partial charge on any atom is 0.357 e. The highest BCUT2D eigenvalue weighted by atomic mass is 16.6. The summed E-state index contributed by atoms with van der Waals surface area (Å²) >= 11 is 0. The van der Waals surface area contributed by atoms with Gasteiger partial charge in [-0.3, -0.25) is 0 Å². The Hall–Kier alpha value is -2.36. The van der Waals surface area contributed by atoms with Crippen molar-refractivity contribution in [3.63, 3.8) is 0 Å². The lowest BCUT2D eigenvalue weighted by atomic mass is 9.80. The summed E-state index contributed by atoms with van der Waals surface area (Å²) in [6, 6.07) is 10.0. The monoisotopic (exact) mass is 296 g/mol. The number of carbonyl (C=O) groups is 1. The predicted octanol–water partition coefficient (Wildman–Crippen LogP) is 3.76. The zero-order chi connectivity index (χ0) is 15.6. The van der Waals surface area contributed by atoms with Crippen molar-refractivity contribution in [2.24, 2.45) is 0 Å². The van der Waals surface area contributed by atoms with Gasteiger partial charge < -0.3 is 9.30 Å². The van der Waals surface area contributed by atoms with Crippen LogP contribution in [0.3, 0.4) is 0 Å². The van der Waals surface area contributed by atoms with Gasteiger partial charge in [0.05, 0.1) is 18.6 Å². The number of aromatic nitrogens is 2. The van der Waals surface area contributed by atoms with Crippen LogP contribution in [0.5, 0.6) is 0 Å². The van der Waals surface area contributed by atoms with Crippen molar-refractivity contribution in [1.29, 1.82) is 0 Å². The van der Waals surface area contributed by atoms with Crippen molar-refractivity contribution in [2.75, 3.05) is 0 Å². The van der Waals surface area contributed by atoms with Crippen molar-refractivity contribution in [2.45, 2.75) is 37.8 Å². The average molecular weight is 296 g/mol. The summed E-state index contributed by atoms with van der Waals surface area (Å²) in [4.78, 5) is 16.6. The molecule has 0 N–H and O–H groups in total. The van der Waals surface area contributed by atoms with Gasteiger partial charge in [0, 0.05) is 0 Å². The second-order valence-electron chi connectivity index (χ2n) is 5.78. The first-order valence-electron chi connectivity index (χ1n) is 7.59. The number of benzene rings is 1. The van der Waals surface area contributed by atoms with E-state index >= 15 is 0 Å². The second-order valence-corrected chi connectivity index (χ2v) is 5.78. The summed E-state index contributed by atoms with van der Waals surface area (Å²) in [5, 5.41) is 0. The van der Waals surface area contributed by atoms with E-state index in [1.807, 2.05) is 41.8 Å². The average Bonchev–Trinajstić information content (AvgIpc) is 3.00. The van der Waals surface area contributed by atoms with E-state index in [1.165, 1.54) is 0 Å². The number of ether oxygens (including phenoxy) is 1. The molecule has 4 heteroatoms. The maximum atomic E-state index is 12.5. The predicted molar refractivity (Wildman–Crippen MR) is 84.7 cm³/mol. The SMILES string of the molecule is C=CC1(OC(=O)c2cncn2[C@H](C)c2ccccc2)CCC1. The van der Waals surface area contributed by atoms with Crippen LogP contribution in [0.2, 0.25) is 0 Å². The van der Waals surface area contributed by atoms with E-state index in [1.54, 1.807) is 18.6 Å². The van der Waals surface area contributed by atoms with Gasteiger partial charge in [-0.25, -0.2) is 9.78 Å². The number of rotatable bonds is 5. The number of esters is 1. The Morgan fingerprint density at radius 2 is 2.14 bits per heavy atom. The minimum absolute atomic E-state index is 0.0207. The van der Waals surface area contributed by atoms with Gasteiger partial charge in [-0.2, -0.15) is 0 Å². The van der Waals surface area contributed by atoms with Crippen LogP contribution in [0.25, 0.3) is 0 Å². The Labute approximate surface area is 130 Å². The van der Waals surface area contributed by atoms with E-state index in [0.29, 0.717) is 5.69 Å². The highest BCUT2D eigenvalue weighted by molar-refractivity contribution is 5.88. The molecule has 22 heavy (non-hydrogen) atoms. The van der Waals surface area contributed by atoms with Crippen molar-refractivity contribution in [3.8, 4) is 0 Å². The first kappa shape index (κ1) is 14.6. The summed E-state index contributed by atoms with van der Waals surface area (Å²) in [5.41, 5.74) is 1.11. The van der Waals surface area contributed by atoms with E-state index in [0.717, 1.165) is 24.8 Å². The lowest BCUT2D eigenvalue weighted by Crippen LogP contribution is -2.40. The molecule has 2 aromatic rings. The fraction of sp³-hybridized carbons (Fsp3) is 0.333. The number of carbonyl (C=O) groups excluding carboxylic acids is 1. The van der Waals surface area contributed by atoms with Gasteiger partial charge in [-0.1, -0.05) is 36.9 Å². The first-order valence-corrected chi connectivity index (χ1v) is 7.59. The van der Waals surface area contributed by atoms with Crippen LogP contribution < -0.4 is 0 Å². The molecule has 1 aliphatic rings. The maximum absolute atomic E-state index is 12.5. The Bertz CT molecular complexity index is 671. The number of imidazole rings is 1. The Morgan fingerprint density at radius 1 is 1.41 bits per heavy atom. The Balaban J connectivity index is 1.83. The zero-order valence-corrected chi connectivity index (χ0v) is 12.7. The normalized spacial score (nSPS) is 17.3. The summed E-state index contributed by atoms with van der Waals surface area (Å²) in [5.74, 6) is -0.333. The van der Waals surface area contributed by atoms with Gasteiger partial charge in [-0.05, 0) is 37.8 Å². The van der Waals surface area contributed by atoms with Crippen LogP contribution >= 0.6 is 0 Å². The quantitative estimate of drug-likeness (QED) is 0.623. The molecule has 0 aliphatic heterocycles. The summed E-state index contributed by atoms with van der Waals surface area (Å²) in [6.07, 6.45) is 7.76. The van der Waals surface area contributed by atoms with Gasteiger partial charge in [0.2, 0.25) is 0 Å². The fourth-order valence-corrected chi connectivity index (χ4v) is 2.77. The molecule has 0 unspecified atom stereocenters. The van der Waals surface area contributed by atoms with Gasteiger partial charge in [0.1, 0.15) is 11.3 Å². The van der Waals surface area contributed by atoms with Gasteiger partial charge in [-0.15, -0.1) is 0 Å². The summed E-state index contributed by atoms with van der Waals surface area (Å²) in [7, 11) is 0. The second kappa shape index (κ2) is 5.79. The molecule has 1 heterocycles.